The molecule has 0 bridgehead atoms. The first-order valence-electron chi connectivity index (χ1n) is 8.60. The molecule has 0 radical (unpaired) electrons. The van der Waals surface area contributed by atoms with Crippen molar-refractivity contribution in [3.63, 3.8) is 0 Å². The van der Waals surface area contributed by atoms with Crippen molar-refractivity contribution in [2.45, 2.75) is 6.61 Å². The van der Waals surface area contributed by atoms with Crippen molar-refractivity contribution >= 4 is 23.2 Å². The number of halogens is 1. The smallest absolute Gasteiger partial charge is 0.255 e. The van der Waals surface area contributed by atoms with Crippen molar-refractivity contribution in [2.75, 3.05) is 19.5 Å². The number of carbonyl (C=O) groups is 1. The Morgan fingerprint density at radius 1 is 0.929 bits per heavy atom. The third-order valence-electron chi connectivity index (χ3n) is 4.07. The van der Waals surface area contributed by atoms with Crippen molar-refractivity contribution in [1.29, 1.82) is 0 Å². The van der Waals surface area contributed by atoms with E-state index in [4.69, 9.17) is 25.8 Å². The Hall–Kier alpha value is -3.18. The molecule has 6 heteroatoms. The largest absolute Gasteiger partial charge is 0.493 e. The van der Waals surface area contributed by atoms with Crippen molar-refractivity contribution in [3.05, 3.63) is 82.9 Å². The number of rotatable bonds is 7. The predicted molar refractivity (Wildman–Crippen MR) is 110 cm³/mol. The van der Waals surface area contributed by atoms with Crippen LogP contribution in [-0.2, 0) is 6.61 Å². The first-order chi connectivity index (χ1) is 13.6. The fraction of sp³-hybridized carbons (Fsp3) is 0.136. The van der Waals surface area contributed by atoms with Crippen LogP contribution in [0.15, 0.2) is 66.7 Å². The molecule has 0 aromatic heterocycles. The Morgan fingerprint density at radius 2 is 1.64 bits per heavy atom. The van der Waals surface area contributed by atoms with Gasteiger partial charge in [0.2, 0.25) is 0 Å². The summed E-state index contributed by atoms with van der Waals surface area (Å²) >= 11 is 6.24. The van der Waals surface area contributed by atoms with Crippen LogP contribution in [0, 0.1) is 0 Å². The molecule has 0 saturated carbocycles. The van der Waals surface area contributed by atoms with Gasteiger partial charge in [-0.1, -0.05) is 48.0 Å². The van der Waals surface area contributed by atoms with Crippen LogP contribution in [0.1, 0.15) is 15.9 Å². The van der Waals surface area contributed by atoms with Gasteiger partial charge in [-0.2, -0.15) is 0 Å². The molecule has 0 unspecified atom stereocenters. The number of amides is 1. The average molecular weight is 398 g/mol. The van der Waals surface area contributed by atoms with Gasteiger partial charge in [-0.25, -0.2) is 0 Å². The van der Waals surface area contributed by atoms with Gasteiger partial charge in [-0.3, -0.25) is 4.79 Å². The second-order valence-electron chi connectivity index (χ2n) is 5.94. The van der Waals surface area contributed by atoms with E-state index in [1.807, 2.05) is 36.4 Å². The Morgan fingerprint density at radius 3 is 2.36 bits per heavy atom. The number of nitrogens with one attached hydrogen (secondary N) is 1. The number of anilines is 1. The number of methoxy groups -OCH3 is 2. The van der Waals surface area contributed by atoms with Crippen molar-refractivity contribution < 1.29 is 19.0 Å². The van der Waals surface area contributed by atoms with Crippen molar-refractivity contribution in [1.82, 2.24) is 0 Å². The molecule has 144 valence electrons. The maximum atomic E-state index is 12.6. The molecule has 0 aliphatic rings. The Kier molecular flexibility index (Phi) is 6.40. The molecule has 0 atom stereocenters. The maximum Gasteiger partial charge on any atom is 0.255 e. The summed E-state index contributed by atoms with van der Waals surface area (Å²) in [4.78, 5) is 12.6. The molecular weight excluding hydrogens is 378 g/mol. The van der Waals surface area contributed by atoms with Crippen LogP contribution in [0.25, 0.3) is 0 Å². The van der Waals surface area contributed by atoms with Crippen LogP contribution < -0.4 is 19.5 Å². The highest BCUT2D eigenvalue weighted by molar-refractivity contribution is 6.34. The Bertz CT molecular complexity index is 960. The first-order valence-corrected chi connectivity index (χ1v) is 8.98. The Labute approximate surface area is 168 Å². The van der Waals surface area contributed by atoms with Crippen molar-refractivity contribution in [2.24, 2.45) is 0 Å². The predicted octanol–water partition coefficient (Wildman–Crippen LogP) is 5.19. The minimum Gasteiger partial charge on any atom is -0.493 e. The van der Waals surface area contributed by atoms with Crippen LogP contribution >= 0.6 is 11.6 Å². The standard InChI is InChI=1S/C22H20ClNO4/c1-26-20-12-18(23)19(13-21(20)27-2)24-22(25)16-9-6-10-17(11-16)28-14-15-7-4-3-5-8-15/h3-13H,14H2,1-2H3,(H,24,25). The minimum absolute atomic E-state index is 0.306. The number of benzene rings is 3. The van der Waals surface area contributed by atoms with Gasteiger partial charge in [0.25, 0.3) is 5.91 Å². The molecule has 3 rings (SSSR count). The quantitative estimate of drug-likeness (QED) is 0.596. The van der Waals surface area contributed by atoms with Crippen LogP contribution in [0.2, 0.25) is 5.02 Å². The number of hydrogen-bond acceptors (Lipinski definition) is 4. The third-order valence-corrected chi connectivity index (χ3v) is 4.38. The van der Waals surface area contributed by atoms with E-state index in [0.717, 1.165) is 5.56 Å². The highest BCUT2D eigenvalue weighted by Crippen LogP contribution is 2.36. The van der Waals surface area contributed by atoms with Gasteiger partial charge in [0.05, 0.1) is 24.9 Å². The molecule has 0 aliphatic heterocycles. The summed E-state index contributed by atoms with van der Waals surface area (Å²) in [5, 5.41) is 3.14. The van der Waals surface area contributed by atoms with E-state index >= 15 is 0 Å². The summed E-state index contributed by atoms with van der Waals surface area (Å²) in [6.45, 7) is 0.424. The molecule has 5 nitrogen and oxygen atoms in total. The zero-order valence-electron chi connectivity index (χ0n) is 15.6. The van der Waals surface area contributed by atoms with Gasteiger partial charge in [-0.15, -0.1) is 0 Å². The minimum atomic E-state index is -0.306. The van der Waals surface area contributed by atoms with E-state index < -0.39 is 0 Å². The molecule has 1 amide bonds. The molecule has 28 heavy (non-hydrogen) atoms. The first kappa shape index (κ1) is 19.6. The topological polar surface area (TPSA) is 56.8 Å². The molecular formula is C22H20ClNO4. The lowest BCUT2D eigenvalue weighted by Crippen LogP contribution is -2.12. The number of hydrogen-bond donors (Lipinski definition) is 1. The fourth-order valence-corrected chi connectivity index (χ4v) is 2.81. The molecule has 3 aromatic rings. The normalized spacial score (nSPS) is 10.2. The summed E-state index contributed by atoms with van der Waals surface area (Å²) in [5.41, 5.74) is 1.94. The SMILES string of the molecule is COc1cc(Cl)c(NC(=O)c2cccc(OCc3ccccc3)c2)cc1OC. The van der Waals surface area contributed by atoms with Gasteiger partial charge in [0.15, 0.2) is 11.5 Å². The summed E-state index contributed by atoms with van der Waals surface area (Å²) in [6, 6.07) is 20.0. The van der Waals surface area contributed by atoms with Gasteiger partial charge in [-0.05, 0) is 23.8 Å². The summed E-state index contributed by atoms with van der Waals surface area (Å²) < 4.78 is 16.2. The monoisotopic (exact) mass is 397 g/mol. The molecule has 0 fully saturated rings. The van der Waals surface area contributed by atoms with E-state index in [0.29, 0.717) is 40.1 Å². The average Bonchev–Trinajstić information content (AvgIpc) is 2.74. The van der Waals surface area contributed by atoms with Crippen LogP contribution in [0.3, 0.4) is 0 Å². The Balaban J connectivity index is 1.73. The van der Waals surface area contributed by atoms with E-state index in [1.54, 1.807) is 30.3 Å². The summed E-state index contributed by atoms with van der Waals surface area (Å²) in [7, 11) is 3.04. The third kappa shape index (κ3) is 4.75. The van der Waals surface area contributed by atoms with Crippen LogP contribution in [-0.4, -0.2) is 20.1 Å². The highest BCUT2D eigenvalue weighted by atomic mass is 35.5. The molecule has 3 aromatic carbocycles. The van der Waals surface area contributed by atoms with Crippen LogP contribution in [0.4, 0.5) is 5.69 Å². The number of carbonyl (C=O) groups excluding carboxylic acids is 1. The zero-order valence-corrected chi connectivity index (χ0v) is 16.3. The second-order valence-corrected chi connectivity index (χ2v) is 6.35. The molecule has 1 N–H and O–H groups in total. The molecule has 0 spiro atoms. The van der Waals surface area contributed by atoms with Gasteiger partial charge < -0.3 is 19.5 Å². The van der Waals surface area contributed by atoms with Crippen LogP contribution in [0.5, 0.6) is 17.2 Å². The van der Waals surface area contributed by atoms with E-state index in [-0.39, 0.29) is 5.91 Å². The lowest BCUT2D eigenvalue weighted by atomic mass is 10.2. The maximum absolute atomic E-state index is 12.6. The fourth-order valence-electron chi connectivity index (χ4n) is 2.61. The summed E-state index contributed by atoms with van der Waals surface area (Å²) in [6.07, 6.45) is 0. The lowest BCUT2D eigenvalue weighted by Gasteiger charge is -2.13. The van der Waals surface area contributed by atoms with Gasteiger partial charge in [0.1, 0.15) is 12.4 Å². The molecule has 0 saturated heterocycles. The number of ether oxygens (including phenoxy) is 3. The molecule has 0 aliphatic carbocycles. The van der Waals surface area contributed by atoms with E-state index in [1.165, 1.54) is 14.2 Å². The van der Waals surface area contributed by atoms with Crippen molar-refractivity contribution in [3.8, 4) is 17.2 Å². The van der Waals surface area contributed by atoms with E-state index in [2.05, 4.69) is 5.32 Å². The molecule has 0 heterocycles. The van der Waals surface area contributed by atoms with Gasteiger partial charge >= 0.3 is 0 Å². The lowest BCUT2D eigenvalue weighted by molar-refractivity contribution is 0.102. The van der Waals surface area contributed by atoms with Gasteiger partial charge in [0, 0.05) is 17.7 Å². The summed E-state index contributed by atoms with van der Waals surface area (Å²) in [5.74, 6) is 1.26. The highest BCUT2D eigenvalue weighted by Gasteiger charge is 2.14. The second kappa shape index (κ2) is 9.15. The zero-order chi connectivity index (χ0) is 19.9. The van der Waals surface area contributed by atoms with E-state index in [9.17, 15) is 4.79 Å².